The molecular weight excluding hydrogens is 420 g/mol. The summed E-state index contributed by atoms with van der Waals surface area (Å²) < 4.78 is 22.4. The van der Waals surface area contributed by atoms with Gasteiger partial charge in [0.1, 0.15) is 18.1 Å². The van der Waals surface area contributed by atoms with Crippen LogP contribution in [0.2, 0.25) is 0 Å². The summed E-state index contributed by atoms with van der Waals surface area (Å²) in [5.74, 6) is 2.60. The molecule has 33 heavy (non-hydrogen) atoms. The number of ether oxygens (including phenoxy) is 3. The molecule has 0 aliphatic heterocycles. The molecule has 7 nitrogen and oxygen atoms in total. The van der Waals surface area contributed by atoms with Crippen LogP contribution in [-0.4, -0.2) is 18.2 Å². The number of benzene rings is 3. The van der Waals surface area contributed by atoms with E-state index in [0.717, 1.165) is 11.3 Å². The minimum atomic E-state index is -0.297. The van der Waals surface area contributed by atoms with Crippen molar-refractivity contribution in [3.8, 4) is 23.0 Å². The van der Waals surface area contributed by atoms with Gasteiger partial charge in [-0.3, -0.25) is 4.79 Å². The topological polar surface area (TPSA) is 82.8 Å². The molecule has 1 aromatic heterocycles. The first-order chi connectivity index (χ1) is 16.0. The number of aryl methyl sites for hydroxylation is 2. The maximum atomic E-state index is 12.9. The summed E-state index contributed by atoms with van der Waals surface area (Å²) in [6, 6.07) is 21.7. The average Bonchev–Trinajstić information content (AvgIpc) is 3.16. The van der Waals surface area contributed by atoms with E-state index in [9.17, 15) is 4.79 Å². The van der Waals surface area contributed by atoms with Crippen molar-refractivity contribution < 1.29 is 23.5 Å². The predicted molar refractivity (Wildman–Crippen MR) is 124 cm³/mol. The van der Waals surface area contributed by atoms with Crippen molar-refractivity contribution in [1.82, 2.24) is 5.16 Å². The van der Waals surface area contributed by atoms with E-state index < -0.39 is 0 Å². The van der Waals surface area contributed by atoms with Gasteiger partial charge >= 0.3 is 0 Å². The number of methoxy groups -OCH3 is 1. The molecule has 168 valence electrons. The second kappa shape index (κ2) is 9.91. The van der Waals surface area contributed by atoms with Crippen LogP contribution in [-0.2, 0) is 6.61 Å². The van der Waals surface area contributed by atoms with Gasteiger partial charge in [-0.15, -0.1) is 0 Å². The van der Waals surface area contributed by atoms with E-state index in [0.29, 0.717) is 40.0 Å². The van der Waals surface area contributed by atoms with Crippen LogP contribution in [0.4, 0.5) is 5.69 Å². The molecule has 4 rings (SSSR count). The van der Waals surface area contributed by atoms with E-state index in [1.807, 2.05) is 56.3 Å². The molecule has 0 fully saturated rings. The lowest BCUT2D eigenvalue weighted by molar-refractivity contribution is 0.102. The molecule has 0 saturated carbocycles. The Morgan fingerprint density at radius 1 is 0.939 bits per heavy atom. The van der Waals surface area contributed by atoms with Crippen LogP contribution in [0, 0.1) is 13.8 Å². The number of hydrogen-bond donors (Lipinski definition) is 1. The Balaban J connectivity index is 1.49. The third-order valence-electron chi connectivity index (χ3n) is 5.09. The number of para-hydroxylation sites is 3. The second-order valence-corrected chi connectivity index (χ2v) is 7.32. The number of nitrogens with zero attached hydrogens (tertiary/aromatic N) is 1. The van der Waals surface area contributed by atoms with Crippen molar-refractivity contribution in [2.75, 3.05) is 12.4 Å². The zero-order chi connectivity index (χ0) is 23.2. The molecule has 0 saturated heterocycles. The smallest absolute Gasteiger partial charge is 0.255 e. The van der Waals surface area contributed by atoms with Crippen molar-refractivity contribution in [1.29, 1.82) is 0 Å². The molecule has 3 aromatic carbocycles. The predicted octanol–water partition coefficient (Wildman–Crippen LogP) is 5.92. The molecule has 0 aliphatic rings. The van der Waals surface area contributed by atoms with E-state index in [1.54, 1.807) is 30.3 Å². The molecular formula is C26H24N2O5. The zero-order valence-electron chi connectivity index (χ0n) is 18.6. The second-order valence-electron chi connectivity index (χ2n) is 7.32. The number of anilines is 1. The van der Waals surface area contributed by atoms with Crippen molar-refractivity contribution in [3.05, 3.63) is 95.4 Å². The van der Waals surface area contributed by atoms with Crippen molar-refractivity contribution in [3.63, 3.8) is 0 Å². The summed E-state index contributed by atoms with van der Waals surface area (Å²) in [5, 5.41) is 6.84. The molecule has 0 spiro atoms. The molecule has 4 aromatic rings. The summed E-state index contributed by atoms with van der Waals surface area (Å²) >= 11 is 0. The van der Waals surface area contributed by atoms with E-state index in [2.05, 4.69) is 10.5 Å². The van der Waals surface area contributed by atoms with E-state index in [1.165, 1.54) is 7.11 Å². The molecule has 0 atom stereocenters. The number of hydrogen-bond acceptors (Lipinski definition) is 6. The number of amides is 1. The van der Waals surface area contributed by atoms with Gasteiger partial charge in [-0.2, -0.15) is 0 Å². The Bertz CT molecular complexity index is 1230. The highest BCUT2D eigenvalue weighted by Crippen LogP contribution is 2.32. The first kappa shape index (κ1) is 22.0. The molecule has 1 N–H and O–H groups in total. The molecule has 0 aliphatic carbocycles. The fourth-order valence-corrected chi connectivity index (χ4v) is 3.25. The van der Waals surface area contributed by atoms with Crippen molar-refractivity contribution in [2.45, 2.75) is 20.5 Å². The SMILES string of the molecule is COc1cc(C(=O)Nc2ccccc2Oc2ccccc2)ccc1OCc1c(C)noc1C. The Morgan fingerprint density at radius 2 is 1.70 bits per heavy atom. The van der Waals surface area contributed by atoms with E-state index >= 15 is 0 Å². The number of rotatable bonds is 8. The fourth-order valence-electron chi connectivity index (χ4n) is 3.25. The normalized spacial score (nSPS) is 10.5. The van der Waals surface area contributed by atoms with Crippen LogP contribution in [0.25, 0.3) is 0 Å². The Labute approximate surface area is 191 Å². The van der Waals surface area contributed by atoms with Crippen LogP contribution >= 0.6 is 0 Å². The molecule has 0 bridgehead atoms. The number of carbonyl (C=O) groups excluding carboxylic acids is 1. The van der Waals surface area contributed by atoms with Gasteiger partial charge in [0.2, 0.25) is 0 Å². The lowest BCUT2D eigenvalue weighted by Crippen LogP contribution is -2.13. The highest BCUT2D eigenvalue weighted by atomic mass is 16.5. The maximum absolute atomic E-state index is 12.9. The molecule has 0 radical (unpaired) electrons. The Morgan fingerprint density at radius 3 is 2.42 bits per heavy atom. The molecule has 1 amide bonds. The van der Waals surface area contributed by atoms with Gasteiger partial charge < -0.3 is 24.1 Å². The average molecular weight is 444 g/mol. The van der Waals surface area contributed by atoms with Gasteiger partial charge in [-0.25, -0.2) is 0 Å². The van der Waals surface area contributed by atoms with Crippen LogP contribution in [0.1, 0.15) is 27.4 Å². The van der Waals surface area contributed by atoms with Crippen molar-refractivity contribution in [2.24, 2.45) is 0 Å². The van der Waals surface area contributed by atoms with Gasteiger partial charge in [0, 0.05) is 5.56 Å². The highest BCUT2D eigenvalue weighted by Gasteiger charge is 2.15. The van der Waals surface area contributed by atoms with Gasteiger partial charge in [0.05, 0.1) is 24.1 Å². The maximum Gasteiger partial charge on any atom is 0.255 e. The standard InChI is InChI=1S/C26H24N2O5/c1-17-21(18(2)33-28-17)16-31-24-14-13-19(15-25(24)30-3)26(29)27-22-11-7-8-12-23(22)32-20-9-5-4-6-10-20/h4-15H,16H2,1-3H3,(H,27,29). The number of nitrogens with one attached hydrogen (secondary N) is 1. The van der Waals surface area contributed by atoms with E-state index in [4.69, 9.17) is 18.7 Å². The van der Waals surface area contributed by atoms with Gasteiger partial charge in [-0.05, 0) is 56.3 Å². The third kappa shape index (κ3) is 5.15. The van der Waals surface area contributed by atoms with Crippen LogP contribution in [0.5, 0.6) is 23.0 Å². The van der Waals surface area contributed by atoms with Crippen LogP contribution in [0.15, 0.2) is 77.3 Å². The minimum absolute atomic E-state index is 0.285. The molecule has 0 unspecified atom stereocenters. The van der Waals surface area contributed by atoms with Crippen LogP contribution in [0.3, 0.4) is 0 Å². The largest absolute Gasteiger partial charge is 0.493 e. The lowest BCUT2D eigenvalue weighted by atomic mass is 10.1. The highest BCUT2D eigenvalue weighted by molar-refractivity contribution is 6.05. The van der Waals surface area contributed by atoms with Crippen LogP contribution < -0.4 is 19.5 Å². The van der Waals surface area contributed by atoms with Gasteiger partial charge in [0.25, 0.3) is 5.91 Å². The fraction of sp³-hybridized carbons (Fsp3) is 0.154. The third-order valence-corrected chi connectivity index (χ3v) is 5.09. The van der Waals surface area contributed by atoms with Crippen molar-refractivity contribution >= 4 is 11.6 Å². The monoisotopic (exact) mass is 444 g/mol. The number of carbonyl (C=O) groups is 1. The van der Waals surface area contributed by atoms with Gasteiger partial charge in [-0.1, -0.05) is 35.5 Å². The van der Waals surface area contributed by atoms with E-state index in [-0.39, 0.29) is 12.5 Å². The summed E-state index contributed by atoms with van der Waals surface area (Å²) in [6.07, 6.45) is 0. The summed E-state index contributed by atoms with van der Waals surface area (Å²) in [7, 11) is 1.53. The molecule has 1 heterocycles. The quantitative estimate of drug-likeness (QED) is 0.363. The number of aromatic nitrogens is 1. The summed E-state index contributed by atoms with van der Waals surface area (Å²) in [5.41, 5.74) is 2.64. The summed E-state index contributed by atoms with van der Waals surface area (Å²) in [4.78, 5) is 12.9. The summed E-state index contributed by atoms with van der Waals surface area (Å²) in [6.45, 7) is 3.98. The Kier molecular flexibility index (Phi) is 6.59. The lowest BCUT2D eigenvalue weighted by Gasteiger charge is -2.14. The van der Waals surface area contributed by atoms with Gasteiger partial charge in [0.15, 0.2) is 17.2 Å². The zero-order valence-corrected chi connectivity index (χ0v) is 18.6. The first-order valence-corrected chi connectivity index (χ1v) is 10.4. The molecule has 7 heteroatoms. The Hall–Kier alpha value is -4.26. The minimum Gasteiger partial charge on any atom is -0.493 e. The first-order valence-electron chi connectivity index (χ1n) is 10.4.